The van der Waals surface area contributed by atoms with E-state index in [2.05, 4.69) is 0 Å². The number of alkyl halides is 3. The molecule has 0 aliphatic rings. The Kier molecular flexibility index (Phi) is 4.51. The minimum Gasteiger partial charge on any atom is -0.480 e. The molecule has 0 aliphatic carbocycles. The van der Waals surface area contributed by atoms with Gasteiger partial charge in [0.2, 0.25) is 0 Å². The maximum absolute atomic E-state index is 12.5. The molecule has 1 amide bonds. The molecule has 0 fully saturated rings. The van der Waals surface area contributed by atoms with Gasteiger partial charge in [0.15, 0.2) is 0 Å². The summed E-state index contributed by atoms with van der Waals surface area (Å²) in [7, 11) is 0. The first-order valence-corrected chi connectivity index (χ1v) is 5.43. The second-order valence-corrected chi connectivity index (χ2v) is 3.96. The number of benzene rings is 1. The topological polar surface area (TPSA) is 101 Å². The highest BCUT2D eigenvalue weighted by Gasteiger charge is 2.46. The zero-order chi connectivity index (χ0) is 16.4. The summed E-state index contributed by atoms with van der Waals surface area (Å²) in [6, 6.07) is 1.71. The SMILES string of the molecule is CC(C(=O)O)N(C(=O)C(F)(F)F)c1ccc([N+](=O)[O-])cc1. The highest BCUT2D eigenvalue weighted by molar-refractivity contribution is 6.02. The van der Waals surface area contributed by atoms with Gasteiger partial charge in [0.25, 0.3) is 5.69 Å². The van der Waals surface area contributed by atoms with Gasteiger partial charge in [-0.1, -0.05) is 0 Å². The molecule has 10 heteroatoms. The lowest BCUT2D eigenvalue weighted by Gasteiger charge is -2.27. The third-order valence-electron chi connectivity index (χ3n) is 2.54. The van der Waals surface area contributed by atoms with E-state index in [9.17, 15) is 32.9 Å². The number of hydrogen-bond acceptors (Lipinski definition) is 4. The highest BCUT2D eigenvalue weighted by Crippen LogP contribution is 2.27. The summed E-state index contributed by atoms with van der Waals surface area (Å²) in [6.45, 7) is 0.896. The number of carboxylic acid groups (broad SMARTS) is 1. The molecule has 1 N–H and O–H groups in total. The number of non-ortho nitro benzene ring substituents is 1. The van der Waals surface area contributed by atoms with Crippen molar-refractivity contribution in [1.82, 2.24) is 0 Å². The van der Waals surface area contributed by atoms with Crippen molar-refractivity contribution in [2.75, 3.05) is 4.90 Å². The fourth-order valence-corrected chi connectivity index (χ4v) is 1.50. The van der Waals surface area contributed by atoms with E-state index in [4.69, 9.17) is 5.11 Å². The summed E-state index contributed by atoms with van der Waals surface area (Å²) in [5.41, 5.74) is -0.807. The summed E-state index contributed by atoms with van der Waals surface area (Å²) < 4.78 is 37.6. The number of carbonyl (C=O) groups excluding carboxylic acids is 1. The Morgan fingerprint density at radius 2 is 1.76 bits per heavy atom. The molecule has 114 valence electrons. The van der Waals surface area contributed by atoms with Gasteiger partial charge in [-0.25, -0.2) is 4.79 Å². The molecule has 0 heterocycles. The largest absolute Gasteiger partial charge is 0.480 e. The van der Waals surface area contributed by atoms with Crippen LogP contribution in [0.3, 0.4) is 0 Å². The monoisotopic (exact) mass is 306 g/mol. The third-order valence-corrected chi connectivity index (χ3v) is 2.54. The lowest BCUT2D eigenvalue weighted by atomic mass is 10.2. The Labute approximate surface area is 115 Å². The summed E-state index contributed by atoms with van der Waals surface area (Å²) >= 11 is 0. The number of nitrogens with zero attached hydrogens (tertiary/aromatic N) is 2. The van der Waals surface area contributed by atoms with E-state index in [1.54, 1.807) is 0 Å². The van der Waals surface area contributed by atoms with E-state index in [0.29, 0.717) is 0 Å². The van der Waals surface area contributed by atoms with Gasteiger partial charge in [-0.2, -0.15) is 13.2 Å². The third kappa shape index (κ3) is 3.68. The van der Waals surface area contributed by atoms with Gasteiger partial charge < -0.3 is 5.11 Å². The van der Waals surface area contributed by atoms with E-state index < -0.39 is 40.4 Å². The van der Waals surface area contributed by atoms with Crippen molar-refractivity contribution < 1.29 is 32.8 Å². The Morgan fingerprint density at radius 3 is 2.10 bits per heavy atom. The first-order chi connectivity index (χ1) is 9.55. The number of hydrogen-bond donors (Lipinski definition) is 1. The van der Waals surface area contributed by atoms with Crippen molar-refractivity contribution in [3.05, 3.63) is 34.4 Å². The quantitative estimate of drug-likeness (QED) is 0.677. The number of carboxylic acids is 1. The van der Waals surface area contributed by atoms with Crippen LogP contribution >= 0.6 is 0 Å². The predicted molar refractivity (Wildman–Crippen MR) is 63.7 cm³/mol. The lowest BCUT2D eigenvalue weighted by Crippen LogP contribution is -2.49. The minimum atomic E-state index is -5.27. The zero-order valence-corrected chi connectivity index (χ0v) is 10.5. The summed E-state index contributed by atoms with van der Waals surface area (Å²) in [5, 5.41) is 19.3. The van der Waals surface area contributed by atoms with Crippen molar-refractivity contribution in [1.29, 1.82) is 0 Å². The normalized spacial score (nSPS) is 12.6. The van der Waals surface area contributed by atoms with Crippen LogP contribution in [-0.4, -0.2) is 34.1 Å². The number of anilines is 1. The molecule has 21 heavy (non-hydrogen) atoms. The molecule has 7 nitrogen and oxygen atoms in total. The molecule has 0 bridgehead atoms. The molecular formula is C11H9F3N2O5. The minimum absolute atomic E-state index is 0.0199. The fourth-order valence-electron chi connectivity index (χ4n) is 1.50. The number of halogens is 3. The van der Waals surface area contributed by atoms with E-state index >= 15 is 0 Å². The van der Waals surface area contributed by atoms with Crippen LogP contribution in [0, 0.1) is 10.1 Å². The van der Waals surface area contributed by atoms with Gasteiger partial charge in [-0.3, -0.25) is 19.8 Å². The molecule has 0 radical (unpaired) electrons. The van der Waals surface area contributed by atoms with Crippen molar-refractivity contribution in [2.24, 2.45) is 0 Å². The molecule has 1 aromatic rings. The number of amides is 1. The molecule has 1 aromatic carbocycles. The molecule has 0 aromatic heterocycles. The molecule has 0 aliphatic heterocycles. The zero-order valence-electron chi connectivity index (χ0n) is 10.5. The van der Waals surface area contributed by atoms with Crippen LogP contribution in [-0.2, 0) is 9.59 Å². The van der Waals surface area contributed by atoms with Crippen LogP contribution in [0.5, 0.6) is 0 Å². The van der Waals surface area contributed by atoms with Gasteiger partial charge in [-0.05, 0) is 19.1 Å². The fraction of sp³-hybridized carbons (Fsp3) is 0.273. The van der Waals surface area contributed by atoms with Crippen LogP contribution in [0.2, 0.25) is 0 Å². The maximum atomic E-state index is 12.5. The van der Waals surface area contributed by atoms with E-state index in [1.165, 1.54) is 0 Å². The smallest absolute Gasteiger partial charge is 0.471 e. The van der Waals surface area contributed by atoms with Gasteiger partial charge >= 0.3 is 18.1 Å². The Hall–Kier alpha value is -2.65. The molecule has 1 atom stereocenters. The van der Waals surface area contributed by atoms with Crippen molar-refractivity contribution >= 4 is 23.3 Å². The maximum Gasteiger partial charge on any atom is 0.471 e. The number of rotatable bonds is 4. The van der Waals surface area contributed by atoms with Crippen LogP contribution < -0.4 is 4.90 Å². The van der Waals surface area contributed by atoms with Crippen LogP contribution in [0.15, 0.2) is 24.3 Å². The summed E-state index contributed by atoms with van der Waals surface area (Å²) in [6.07, 6.45) is -5.27. The van der Waals surface area contributed by atoms with Crippen LogP contribution in [0.25, 0.3) is 0 Å². The number of aliphatic carboxylic acids is 1. The highest BCUT2D eigenvalue weighted by atomic mass is 19.4. The molecule has 0 spiro atoms. The number of nitro benzene ring substituents is 1. The Bertz CT molecular complexity index is 570. The number of carbonyl (C=O) groups is 2. The van der Waals surface area contributed by atoms with Crippen molar-refractivity contribution in [3.8, 4) is 0 Å². The average Bonchev–Trinajstić information content (AvgIpc) is 2.38. The van der Waals surface area contributed by atoms with E-state index in [1.807, 2.05) is 0 Å². The van der Waals surface area contributed by atoms with Crippen molar-refractivity contribution in [3.63, 3.8) is 0 Å². The molecule has 1 unspecified atom stereocenters. The standard InChI is InChI=1S/C11H9F3N2O5/c1-6(9(17)18)15(10(19)11(12,13)14)7-2-4-8(5-3-7)16(20)21/h2-6H,1H3,(H,17,18). The van der Waals surface area contributed by atoms with Crippen LogP contribution in [0.4, 0.5) is 24.5 Å². The Balaban J connectivity index is 3.27. The first-order valence-electron chi connectivity index (χ1n) is 5.43. The van der Waals surface area contributed by atoms with Gasteiger partial charge in [-0.15, -0.1) is 0 Å². The van der Waals surface area contributed by atoms with Crippen LogP contribution in [0.1, 0.15) is 6.92 Å². The average molecular weight is 306 g/mol. The van der Waals surface area contributed by atoms with E-state index in [0.717, 1.165) is 31.2 Å². The predicted octanol–water partition coefficient (Wildman–Crippen LogP) is 1.96. The first kappa shape index (κ1) is 16.4. The van der Waals surface area contributed by atoms with Crippen molar-refractivity contribution in [2.45, 2.75) is 19.1 Å². The number of nitro groups is 1. The second kappa shape index (κ2) is 5.77. The van der Waals surface area contributed by atoms with E-state index in [-0.39, 0.29) is 4.90 Å². The summed E-state index contributed by atoms with van der Waals surface area (Å²) in [4.78, 5) is 31.9. The van der Waals surface area contributed by atoms with Gasteiger partial charge in [0.05, 0.1) is 4.92 Å². The summed E-state index contributed by atoms with van der Waals surface area (Å²) in [5.74, 6) is -4.02. The van der Waals surface area contributed by atoms with Gasteiger partial charge in [0.1, 0.15) is 6.04 Å². The second-order valence-electron chi connectivity index (χ2n) is 3.96. The molecule has 0 saturated carbocycles. The lowest BCUT2D eigenvalue weighted by molar-refractivity contribution is -0.384. The van der Waals surface area contributed by atoms with Gasteiger partial charge in [0, 0.05) is 17.8 Å². The molecule has 0 saturated heterocycles. The molecular weight excluding hydrogens is 297 g/mol. The Morgan fingerprint density at radius 1 is 1.29 bits per heavy atom. The molecule has 1 rings (SSSR count).